The third-order valence-electron chi connectivity index (χ3n) is 3.96. The minimum Gasteiger partial charge on any atom is -0.478 e. The SMILES string of the molecule is C=CCc1c(CC)nc(-c2cc(Br)cs2)nc1Nc1ccc(C(=O)O)cc1. The first kappa shape index (κ1) is 19.3. The van der Waals surface area contributed by atoms with Gasteiger partial charge in [-0.2, -0.15) is 0 Å². The van der Waals surface area contributed by atoms with Crippen LogP contribution in [0.5, 0.6) is 0 Å². The van der Waals surface area contributed by atoms with E-state index < -0.39 is 5.97 Å². The van der Waals surface area contributed by atoms with E-state index >= 15 is 0 Å². The van der Waals surface area contributed by atoms with Gasteiger partial charge in [-0.1, -0.05) is 13.0 Å². The van der Waals surface area contributed by atoms with Crippen molar-refractivity contribution < 1.29 is 9.90 Å². The van der Waals surface area contributed by atoms with E-state index in [1.54, 1.807) is 35.6 Å². The number of aryl methyl sites for hydroxylation is 1. The molecular weight excluding hydrogens is 426 g/mol. The second-order valence-electron chi connectivity index (χ2n) is 5.80. The van der Waals surface area contributed by atoms with Crippen molar-refractivity contribution in [1.82, 2.24) is 9.97 Å². The van der Waals surface area contributed by atoms with E-state index in [1.807, 2.05) is 17.5 Å². The monoisotopic (exact) mass is 443 g/mol. The van der Waals surface area contributed by atoms with Crippen molar-refractivity contribution in [2.75, 3.05) is 5.32 Å². The molecule has 0 amide bonds. The molecule has 0 saturated heterocycles. The molecule has 0 fully saturated rings. The third-order valence-corrected chi connectivity index (χ3v) is 5.65. The van der Waals surface area contributed by atoms with Crippen molar-refractivity contribution in [3.8, 4) is 10.7 Å². The lowest BCUT2D eigenvalue weighted by molar-refractivity contribution is 0.0697. The molecule has 138 valence electrons. The lowest BCUT2D eigenvalue weighted by atomic mass is 10.1. The Morgan fingerprint density at radius 1 is 1.33 bits per heavy atom. The molecule has 0 aliphatic heterocycles. The number of hydrogen-bond acceptors (Lipinski definition) is 5. The average Bonchev–Trinajstić information content (AvgIpc) is 3.10. The van der Waals surface area contributed by atoms with E-state index in [4.69, 9.17) is 15.1 Å². The van der Waals surface area contributed by atoms with Gasteiger partial charge in [-0.05, 0) is 59.1 Å². The number of hydrogen-bond donors (Lipinski definition) is 2. The van der Waals surface area contributed by atoms with Crippen LogP contribution in [-0.2, 0) is 12.8 Å². The highest BCUT2D eigenvalue weighted by molar-refractivity contribution is 9.10. The molecule has 0 unspecified atom stereocenters. The maximum Gasteiger partial charge on any atom is 0.335 e. The van der Waals surface area contributed by atoms with Gasteiger partial charge < -0.3 is 10.4 Å². The van der Waals surface area contributed by atoms with Gasteiger partial charge in [0.25, 0.3) is 0 Å². The Kier molecular flexibility index (Phi) is 6.03. The van der Waals surface area contributed by atoms with Crippen LogP contribution in [0.15, 0.2) is 52.8 Å². The number of nitrogens with one attached hydrogen (secondary N) is 1. The van der Waals surface area contributed by atoms with Crippen LogP contribution in [0.4, 0.5) is 11.5 Å². The summed E-state index contributed by atoms with van der Waals surface area (Å²) in [7, 11) is 0. The van der Waals surface area contributed by atoms with Crippen LogP contribution in [-0.4, -0.2) is 21.0 Å². The fraction of sp³-hybridized carbons (Fsp3) is 0.150. The molecule has 2 heterocycles. The van der Waals surface area contributed by atoms with Crippen molar-refractivity contribution in [1.29, 1.82) is 0 Å². The summed E-state index contributed by atoms with van der Waals surface area (Å²) in [6.45, 7) is 5.91. The predicted octanol–water partition coefficient (Wildman–Crippen LogP) is 5.70. The summed E-state index contributed by atoms with van der Waals surface area (Å²) in [5.74, 6) is 0.430. The Labute approximate surface area is 169 Å². The number of benzene rings is 1. The van der Waals surface area contributed by atoms with Gasteiger partial charge in [0.2, 0.25) is 0 Å². The zero-order valence-corrected chi connectivity index (χ0v) is 17.1. The molecule has 5 nitrogen and oxygen atoms in total. The molecule has 0 saturated carbocycles. The van der Waals surface area contributed by atoms with Gasteiger partial charge in [0.1, 0.15) is 5.82 Å². The van der Waals surface area contributed by atoms with Gasteiger partial charge in [0.05, 0.1) is 10.4 Å². The van der Waals surface area contributed by atoms with E-state index in [9.17, 15) is 4.79 Å². The number of aromatic nitrogens is 2. The molecule has 0 aliphatic rings. The van der Waals surface area contributed by atoms with Crippen molar-refractivity contribution >= 4 is 44.7 Å². The number of aromatic carboxylic acids is 1. The molecule has 3 aromatic rings. The molecule has 0 bridgehead atoms. The highest BCUT2D eigenvalue weighted by Crippen LogP contribution is 2.31. The third kappa shape index (κ3) is 4.43. The maximum absolute atomic E-state index is 11.0. The predicted molar refractivity (Wildman–Crippen MR) is 113 cm³/mol. The first-order valence-electron chi connectivity index (χ1n) is 8.37. The Bertz CT molecular complexity index is 983. The summed E-state index contributed by atoms with van der Waals surface area (Å²) in [5.41, 5.74) is 2.97. The normalized spacial score (nSPS) is 10.6. The number of carbonyl (C=O) groups is 1. The topological polar surface area (TPSA) is 75.1 Å². The molecule has 27 heavy (non-hydrogen) atoms. The van der Waals surface area contributed by atoms with Crippen LogP contribution in [0.2, 0.25) is 0 Å². The fourth-order valence-corrected chi connectivity index (χ4v) is 4.02. The number of anilines is 2. The summed E-state index contributed by atoms with van der Waals surface area (Å²) in [4.78, 5) is 21.5. The number of allylic oxidation sites excluding steroid dienone is 1. The van der Waals surface area contributed by atoms with Crippen LogP contribution in [0.25, 0.3) is 10.7 Å². The zero-order chi connectivity index (χ0) is 19.4. The van der Waals surface area contributed by atoms with Gasteiger partial charge >= 0.3 is 5.97 Å². The van der Waals surface area contributed by atoms with Crippen LogP contribution in [0, 0.1) is 0 Å². The van der Waals surface area contributed by atoms with E-state index in [2.05, 4.69) is 34.7 Å². The first-order valence-corrected chi connectivity index (χ1v) is 10.0. The molecule has 0 aliphatic carbocycles. The van der Waals surface area contributed by atoms with Crippen molar-refractivity contribution in [2.45, 2.75) is 19.8 Å². The highest BCUT2D eigenvalue weighted by Gasteiger charge is 2.15. The quantitative estimate of drug-likeness (QED) is 0.458. The molecule has 0 radical (unpaired) electrons. The summed E-state index contributed by atoms with van der Waals surface area (Å²) < 4.78 is 0.998. The van der Waals surface area contributed by atoms with Gasteiger partial charge in [0.15, 0.2) is 5.82 Å². The molecule has 1 aromatic carbocycles. The summed E-state index contributed by atoms with van der Waals surface area (Å²) in [5, 5.41) is 14.4. The number of halogens is 1. The molecule has 0 atom stereocenters. The lowest BCUT2D eigenvalue weighted by Crippen LogP contribution is -2.07. The van der Waals surface area contributed by atoms with Crippen molar-refractivity contribution in [2.24, 2.45) is 0 Å². The van der Waals surface area contributed by atoms with E-state index in [-0.39, 0.29) is 5.56 Å². The molecule has 2 aromatic heterocycles. The fourth-order valence-electron chi connectivity index (χ4n) is 2.66. The maximum atomic E-state index is 11.0. The van der Waals surface area contributed by atoms with E-state index in [1.165, 1.54) is 0 Å². The minimum atomic E-state index is -0.949. The molecule has 3 rings (SSSR count). The summed E-state index contributed by atoms with van der Waals surface area (Å²) in [6.07, 6.45) is 3.25. The minimum absolute atomic E-state index is 0.243. The molecule has 0 spiro atoms. The summed E-state index contributed by atoms with van der Waals surface area (Å²) in [6, 6.07) is 8.60. The van der Waals surface area contributed by atoms with Crippen LogP contribution in [0.3, 0.4) is 0 Å². The molecule has 7 heteroatoms. The zero-order valence-electron chi connectivity index (χ0n) is 14.7. The number of carboxylic acids is 1. The van der Waals surface area contributed by atoms with E-state index in [0.29, 0.717) is 18.1 Å². The number of carboxylic acid groups (broad SMARTS) is 1. The lowest BCUT2D eigenvalue weighted by Gasteiger charge is -2.15. The van der Waals surface area contributed by atoms with Crippen molar-refractivity contribution in [3.05, 3.63) is 69.7 Å². The average molecular weight is 444 g/mol. The van der Waals surface area contributed by atoms with E-state index in [0.717, 1.165) is 32.7 Å². The first-order chi connectivity index (χ1) is 13.0. The van der Waals surface area contributed by atoms with Gasteiger partial charge in [-0.15, -0.1) is 17.9 Å². The van der Waals surface area contributed by atoms with Crippen LogP contribution >= 0.6 is 27.3 Å². The Balaban J connectivity index is 2.04. The standard InChI is InChI=1S/C20H18BrN3O2S/c1-3-5-15-16(4-2)23-19(17-10-13(21)11-27-17)24-18(15)22-14-8-6-12(7-9-14)20(25)26/h3,6-11H,1,4-5H2,2H3,(H,25,26)(H,22,23,24). The van der Waals surface area contributed by atoms with Crippen molar-refractivity contribution in [3.63, 3.8) is 0 Å². The highest BCUT2D eigenvalue weighted by atomic mass is 79.9. The van der Waals surface area contributed by atoms with Gasteiger partial charge in [-0.3, -0.25) is 0 Å². The number of nitrogens with zero attached hydrogens (tertiary/aromatic N) is 2. The Morgan fingerprint density at radius 3 is 2.63 bits per heavy atom. The second kappa shape index (κ2) is 8.45. The summed E-state index contributed by atoms with van der Waals surface area (Å²) >= 11 is 5.05. The smallest absolute Gasteiger partial charge is 0.335 e. The second-order valence-corrected chi connectivity index (χ2v) is 7.63. The molecular formula is C20H18BrN3O2S. The van der Waals surface area contributed by atoms with Gasteiger partial charge in [-0.25, -0.2) is 14.8 Å². The largest absolute Gasteiger partial charge is 0.478 e. The number of thiophene rings is 1. The Morgan fingerprint density at radius 2 is 2.07 bits per heavy atom. The molecule has 2 N–H and O–H groups in total. The number of rotatable bonds is 7. The van der Waals surface area contributed by atoms with Gasteiger partial charge in [0, 0.05) is 26.8 Å². The van der Waals surface area contributed by atoms with Crippen LogP contribution < -0.4 is 5.32 Å². The van der Waals surface area contributed by atoms with Crippen LogP contribution in [0.1, 0.15) is 28.5 Å². The Hall–Kier alpha value is -2.51.